The maximum absolute atomic E-state index is 10.5. The lowest BCUT2D eigenvalue weighted by atomic mass is 9.97. The van der Waals surface area contributed by atoms with Crippen LogP contribution >= 0.6 is 0 Å². The summed E-state index contributed by atoms with van der Waals surface area (Å²) in [5.41, 5.74) is 8.76. The Morgan fingerprint density at radius 3 is 2.52 bits per heavy atom. The van der Waals surface area contributed by atoms with Crippen LogP contribution in [0.2, 0.25) is 0 Å². The Kier molecular flexibility index (Phi) is 10.2. The molecule has 0 amide bonds. The predicted molar refractivity (Wildman–Crippen MR) is 85.0 cm³/mol. The van der Waals surface area contributed by atoms with Gasteiger partial charge in [0, 0.05) is 25.2 Å². The Labute approximate surface area is 137 Å². The molecule has 134 valence electrons. The van der Waals surface area contributed by atoms with Gasteiger partial charge >= 0.3 is 0 Å². The van der Waals surface area contributed by atoms with Crippen molar-refractivity contribution in [3.8, 4) is 0 Å². The van der Waals surface area contributed by atoms with Crippen molar-refractivity contribution in [1.82, 2.24) is 0 Å². The van der Waals surface area contributed by atoms with Crippen molar-refractivity contribution in [1.29, 1.82) is 0 Å². The average molecular weight is 331 g/mol. The van der Waals surface area contributed by atoms with Gasteiger partial charge in [0.1, 0.15) is 18.2 Å². The Morgan fingerprint density at radius 2 is 1.91 bits per heavy atom. The molecule has 0 bridgehead atoms. The molecule has 3 unspecified atom stereocenters. The summed E-state index contributed by atoms with van der Waals surface area (Å²) in [6.45, 7) is 5.48. The summed E-state index contributed by atoms with van der Waals surface area (Å²) in [6, 6.07) is -0.733. The van der Waals surface area contributed by atoms with E-state index in [1.165, 1.54) is 7.11 Å². The molecule has 0 spiro atoms. The fourth-order valence-electron chi connectivity index (χ4n) is 2.42. The van der Waals surface area contributed by atoms with Gasteiger partial charge in [-0.25, -0.2) is 0 Å². The summed E-state index contributed by atoms with van der Waals surface area (Å²) >= 11 is 0. The van der Waals surface area contributed by atoms with E-state index in [4.69, 9.17) is 24.5 Å². The van der Waals surface area contributed by atoms with Gasteiger partial charge in [-0.2, -0.15) is 0 Å². The summed E-state index contributed by atoms with van der Waals surface area (Å²) in [5, 5.41) is 14.2. The molecule has 1 N–H and O–H groups in total. The van der Waals surface area contributed by atoms with E-state index in [0.29, 0.717) is 13.2 Å². The van der Waals surface area contributed by atoms with Crippen LogP contribution in [0, 0.1) is 0 Å². The first-order valence-electron chi connectivity index (χ1n) is 8.29. The van der Waals surface area contributed by atoms with Gasteiger partial charge in [-0.05, 0) is 18.4 Å². The highest BCUT2D eigenvalue weighted by molar-refractivity contribution is 4.95. The van der Waals surface area contributed by atoms with Crippen molar-refractivity contribution < 1.29 is 24.1 Å². The number of aliphatic hydroxyl groups is 1. The third-order valence-corrected chi connectivity index (χ3v) is 3.79. The maximum atomic E-state index is 10.5. The van der Waals surface area contributed by atoms with E-state index in [1.54, 1.807) is 0 Å². The molecule has 23 heavy (non-hydrogen) atoms. The molecule has 0 radical (unpaired) electrons. The van der Waals surface area contributed by atoms with Gasteiger partial charge < -0.3 is 24.1 Å². The van der Waals surface area contributed by atoms with Crippen molar-refractivity contribution in [3.05, 3.63) is 10.4 Å². The first-order chi connectivity index (χ1) is 11.2. The Hall–Kier alpha value is -0.890. The van der Waals surface area contributed by atoms with Crippen LogP contribution in [0.4, 0.5) is 0 Å². The maximum Gasteiger partial charge on any atom is 0.168 e. The standard InChI is InChI=1S/C15H29N3O5/c1-4-6-8-21-10-11-13(19)14(22-9-7-5-2)12(17-18-16)15(20-3)23-11/h11-15,19H,4-10H2,1-3H3/t11?,12?,13-,14?,15+/m1/s1. The van der Waals surface area contributed by atoms with Crippen LogP contribution in [-0.2, 0) is 18.9 Å². The first-order valence-corrected chi connectivity index (χ1v) is 8.29. The normalized spacial score (nSPS) is 30.9. The fourth-order valence-corrected chi connectivity index (χ4v) is 2.42. The van der Waals surface area contributed by atoms with Crippen LogP contribution < -0.4 is 0 Å². The average Bonchev–Trinajstić information content (AvgIpc) is 2.56. The molecule has 0 aromatic rings. The van der Waals surface area contributed by atoms with Crippen LogP contribution in [0.1, 0.15) is 39.5 Å². The van der Waals surface area contributed by atoms with Crippen molar-refractivity contribution in [2.45, 2.75) is 70.2 Å². The van der Waals surface area contributed by atoms with E-state index in [0.717, 1.165) is 25.7 Å². The highest BCUT2D eigenvalue weighted by atomic mass is 16.7. The molecule has 0 aromatic heterocycles. The van der Waals surface area contributed by atoms with E-state index in [-0.39, 0.29) is 6.61 Å². The second-order valence-electron chi connectivity index (χ2n) is 5.58. The molecular weight excluding hydrogens is 302 g/mol. The van der Waals surface area contributed by atoms with Gasteiger partial charge in [-0.1, -0.05) is 31.8 Å². The molecule has 1 fully saturated rings. The van der Waals surface area contributed by atoms with Crippen LogP contribution in [-0.4, -0.2) is 62.7 Å². The number of rotatable bonds is 11. The number of unbranched alkanes of at least 4 members (excludes halogenated alkanes) is 2. The number of hydrogen-bond donors (Lipinski definition) is 1. The van der Waals surface area contributed by atoms with Crippen LogP contribution in [0.3, 0.4) is 0 Å². The molecule has 8 heteroatoms. The number of methoxy groups -OCH3 is 1. The molecular formula is C15H29N3O5. The smallest absolute Gasteiger partial charge is 0.168 e. The minimum atomic E-state index is -0.935. The summed E-state index contributed by atoms with van der Waals surface area (Å²) in [6.07, 6.45) is 0.885. The zero-order valence-electron chi connectivity index (χ0n) is 14.3. The molecule has 0 saturated carbocycles. The van der Waals surface area contributed by atoms with Crippen molar-refractivity contribution in [2.75, 3.05) is 26.9 Å². The highest BCUT2D eigenvalue weighted by Crippen LogP contribution is 2.27. The number of aliphatic hydroxyl groups excluding tert-OH is 1. The van der Waals surface area contributed by atoms with Crippen LogP contribution in [0.25, 0.3) is 10.4 Å². The second-order valence-corrected chi connectivity index (χ2v) is 5.58. The summed E-state index contributed by atoms with van der Waals surface area (Å²) in [4.78, 5) is 2.82. The molecule has 1 aliphatic rings. The predicted octanol–water partition coefficient (Wildman–Crippen LogP) is 2.40. The van der Waals surface area contributed by atoms with Crippen molar-refractivity contribution >= 4 is 0 Å². The van der Waals surface area contributed by atoms with Gasteiger partial charge in [-0.3, -0.25) is 0 Å². The second kappa shape index (κ2) is 11.6. The molecule has 1 aliphatic heterocycles. The third kappa shape index (κ3) is 6.25. The third-order valence-electron chi connectivity index (χ3n) is 3.79. The van der Waals surface area contributed by atoms with Crippen molar-refractivity contribution in [2.24, 2.45) is 5.11 Å². The minimum Gasteiger partial charge on any atom is -0.388 e. The van der Waals surface area contributed by atoms with E-state index in [2.05, 4.69) is 23.9 Å². The number of ether oxygens (including phenoxy) is 4. The lowest BCUT2D eigenvalue weighted by Crippen LogP contribution is -2.59. The van der Waals surface area contributed by atoms with Gasteiger partial charge in [0.05, 0.1) is 12.7 Å². The molecule has 5 atom stereocenters. The lowest BCUT2D eigenvalue weighted by molar-refractivity contribution is -0.267. The zero-order chi connectivity index (χ0) is 17.1. The van der Waals surface area contributed by atoms with E-state index in [1.807, 2.05) is 0 Å². The quantitative estimate of drug-likeness (QED) is 0.271. The molecule has 8 nitrogen and oxygen atoms in total. The Bertz CT molecular complexity index is 365. The monoisotopic (exact) mass is 331 g/mol. The summed E-state index contributed by atoms with van der Waals surface area (Å²) in [5.74, 6) is 0. The molecule has 1 heterocycles. The largest absolute Gasteiger partial charge is 0.388 e. The van der Waals surface area contributed by atoms with Gasteiger partial charge in [-0.15, -0.1) is 0 Å². The van der Waals surface area contributed by atoms with Crippen LogP contribution in [0.5, 0.6) is 0 Å². The van der Waals surface area contributed by atoms with Crippen molar-refractivity contribution in [3.63, 3.8) is 0 Å². The highest BCUT2D eigenvalue weighted by Gasteiger charge is 2.46. The summed E-state index contributed by atoms with van der Waals surface area (Å²) < 4.78 is 22.3. The first kappa shape index (κ1) is 20.2. The van der Waals surface area contributed by atoms with Crippen LogP contribution in [0.15, 0.2) is 5.11 Å². The molecule has 1 rings (SSSR count). The molecule has 1 saturated heterocycles. The molecule has 0 aliphatic carbocycles. The van der Waals surface area contributed by atoms with Gasteiger partial charge in [0.2, 0.25) is 0 Å². The van der Waals surface area contributed by atoms with E-state index >= 15 is 0 Å². The minimum absolute atomic E-state index is 0.248. The number of hydrogen-bond acceptors (Lipinski definition) is 6. The van der Waals surface area contributed by atoms with Gasteiger partial charge in [0.25, 0.3) is 0 Å². The molecule has 0 aromatic carbocycles. The number of azide groups is 1. The fraction of sp³-hybridized carbons (Fsp3) is 1.00. The van der Waals surface area contributed by atoms with E-state index in [9.17, 15) is 5.11 Å². The lowest BCUT2D eigenvalue weighted by Gasteiger charge is -2.42. The summed E-state index contributed by atoms with van der Waals surface area (Å²) in [7, 11) is 1.47. The van der Waals surface area contributed by atoms with Gasteiger partial charge in [0.15, 0.2) is 6.29 Å². The topological polar surface area (TPSA) is 106 Å². The number of nitrogens with zero attached hydrogens (tertiary/aromatic N) is 3. The SMILES string of the molecule is CCCCOCC1O[C@H](OC)C(N=[N+]=[N-])C(OCCCC)[C@@H]1O. The zero-order valence-corrected chi connectivity index (χ0v) is 14.3. The van der Waals surface area contributed by atoms with E-state index < -0.39 is 30.6 Å². The Balaban J connectivity index is 2.73. The Morgan fingerprint density at radius 1 is 1.22 bits per heavy atom.